The number of nitrogens with two attached hydrogens (primary N) is 3. The van der Waals surface area contributed by atoms with Gasteiger partial charge in [-0.2, -0.15) is 0 Å². The van der Waals surface area contributed by atoms with E-state index in [9.17, 15) is 0 Å². The molecule has 0 amide bonds. The van der Waals surface area contributed by atoms with Crippen molar-refractivity contribution in [1.29, 1.82) is 0 Å². The van der Waals surface area contributed by atoms with E-state index in [0.29, 0.717) is 20.9 Å². The highest BCUT2D eigenvalue weighted by atomic mass is 79.9. The largest absolute Gasteiger partial charge is 0.381 e. The number of halogens is 1. The quantitative estimate of drug-likeness (QED) is 0.0265. The molecule has 4 atom stereocenters. The topological polar surface area (TPSA) is 123 Å². The van der Waals surface area contributed by atoms with Crippen molar-refractivity contribution >= 4 is 15.9 Å². The second-order valence-corrected chi connectivity index (χ2v) is 35.6. The van der Waals surface area contributed by atoms with E-state index in [1.807, 2.05) is 0 Å². The molecule has 1 aliphatic heterocycles. The van der Waals surface area contributed by atoms with Crippen LogP contribution in [0.4, 0.5) is 0 Å². The monoisotopic (exact) mass is 1330 g/mol. The third kappa shape index (κ3) is 86.2. The molecule has 1 saturated heterocycles. The molecule has 0 bridgehead atoms. The summed E-state index contributed by atoms with van der Waals surface area (Å²) in [5.74, 6) is 6.77. The number of alkyl halides is 1. The highest BCUT2D eigenvalue weighted by molar-refractivity contribution is 9.10. The van der Waals surface area contributed by atoms with E-state index in [-0.39, 0.29) is 0 Å². The van der Waals surface area contributed by atoms with Gasteiger partial charge in [0.2, 0.25) is 0 Å². The molecule has 9 N–H and O–H groups in total. The number of rotatable bonds is 56. The molecule has 0 aliphatic carbocycles. The van der Waals surface area contributed by atoms with Crippen LogP contribution in [-0.4, -0.2) is 73.4 Å². The summed E-state index contributed by atoms with van der Waals surface area (Å²) < 4.78 is 5.28. The van der Waals surface area contributed by atoms with Crippen LogP contribution in [0.2, 0.25) is 0 Å². The number of nitrogens with one attached hydrogen (secondary N) is 3. The maximum absolute atomic E-state index is 5.51. The fourth-order valence-corrected chi connectivity index (χ4v) is 12.9. The van der Waals surface area contributed by atoms with Gasteiger partial charge in [-0.3, -0.25) is 0 Å². The predicted octanol–water partition coefficient (Wildman–Crippen LogP) is 24.3. The lowest BCUT2D eigenvalue weighted by atomic mass is 9.88. The van der Waals surface area contributed by atoms with Crippen LogP contribution < -0.4 is 33.2 Å². The molecule has 1 rings (SSSR count). The van der Waals surface area contributed by atoms with E-state index in [2.05, 4.69) is 170 Å². The van der Waals surface area contributed by atoms with Gasteiger partial charge in [-0.25, -0.2) is 0 Å². The molecule has 89 heavy (non-hydrogen) atoms. The Morgan fingerprint density at radius 3 is 0.663 bits per heavy atom. The Balaban J connectivity index is -0.000000571. The van der Waals surface area contributed by atoms with Crippen molar-refractivity contribution in [3.63, 3.8) is 0 Å². The summed E-state index contributed by atoms with van der Waals surface area (Å²) in [5, 5.41) is 11.4. The van der Waals surface area contributed by atoms with Crippen molar-refractivity contribution in [1.82, 2.24) is 16.0 Å². The molecular formula is C81H175BrN6O. The number of hydrogen-bond acceptors (Lipinski definition) is 7. The molecule has 542 valence electrons. The molecule has 0 radical (unpaired) electrons. The summed E-state index contributed by atoms with van der Waals surface area (Å²) in [6, 6.07) is 0. The maximum atomic E-state index is 5.51. The summed E-state index contributed by atoms with van der Waals surface area (Å²) in [6.07, 6.45) is 55.4. The van der Waals surface area contributed by atoms with Gasteiger partial charge in [0.1, 0.15) is 0 Å². The second-order valence-electron chi connectivity index (χ2n) is 33.5. The smallest absolute Gasteiger partial charge is 0.0466 e. The molecule has 1 fully saturated rings. The minimum atomic E-state index is 0.293. The van der Waals surface area contributed by atoms with Crippen LogP contribution in [0.1, 0.15) is 402 Å². The van der Waals surface area contributed by atoms with Gasteiger partial charge in [0, 0.05) is 34.2 Å². The van der Waals surface area contributed by atoms with Gasteiger partial charge in [-0.1, -0.05) is 248 Å². The van der Waals surface area contributed by atoms with Crippen LogP contribution >= 0.6 is 15.9 Å². The molecule has 8 heteroatoms. The molecule has 0 aromatic carbocycles. The van der Waals surface area contributed by atoms with Gasteiger partial charge in [0.25, 0.3) is 0 Å². The van der Waals surface area contributed by atoms with E-state index in [0.717, 1.165) is 80.2 Å². The van der Waals surface area contributed by atoms with Gasteiger partial charge in [-0.15, -0.1) is 0 Å². The standard InChI is InChI=1S/C33H70N2.C22H48N2.C11H23Br.C11H26N2.C4H8O/c1-28(2)26-30(5)20-22-32(7,8)34-24-18-16-14-12-11-13-15-17-19-25-35-33(9,10)23-21-31(6)27-29(3)4;1-20(2)19-21(3)15-16-22(4,5)24-18-14-12-10-8-6-7-9-11-13-17-23;1-9(2)8-10(3)6-7-11(4,5)12;12-10-8-6-4-2-1-3-5-7-9-11-13;1-2-4-5-3-1/h28-31,34-35H,11-27H2,1-10H3;20-21,24H,6-19,23H2,1-5H3;9-10H,6-8H2,1-5H3;1-13H2;1-4H2. The summed E-state index contributed by atoms with van der Waals surface area (Å²) >= 11 is 3.67. The average molecular weight is 1330 g/mol. The van der Waals surface area contributed by atoms with Gasteiger partial charge in [-0.05, 0) is 257 Å². The Kier molecular flexibility index (Phi) is 70.3. The van der Waals surface area contributed by atoms with Crippen LogP contribution in [-0.2, 0) is 4.74 Å². The molecule has 0 aromatic heterocycles. The molecule has 0 spiro atoms. The van der Waals surface area contributed by atoms with Crippen LogP contribution in [0, 0.1) is 47.3 Å². The van der Waals surface area contributed by atoms with Crippen molar-refractivity contribution in [3.8, 4) is 0 Å². The first-order valence-electron chi connectivity index (χ1n) is 39.5. The van der Waals surface area contributed by atoms with Gasteiger partial charge in [0.05, 0.1) is 0 Å². The van der Waals surface area contributed by atoms with Crippen LogP contribution in [0.15, 0.2) is 0 Å². The van der Waals surface area contributed by atoms with Gasteiger partial charge in [0.15, 0.2) is 0 Å². The van der Waals surface area contributed by atoms with Crippen molar-refractivity contribution < 1.29 is 4.74 Å². The molecule has 1 aliphatic rings. The van der Waals surface area contributed by atoms with Crippen molar-refractivity contribution in [2.24, 2.45) is 64.5 Å². The van der Waals surface area contributed by atoms with Gasteiger partial charge < -0.3 is 37.9 Å². The fourth-order valence-electron chi connectivity index (χ4n) is 12.7. The third-order valence-electron chi connectivity index (χ3n) is 18.3. The Hall–Kier alpha value is 0.200. The molecular weight excluding hydrogens is 1150 g/mol. The highest BCUT2D eigenvalue weighted by Crippen LogP contribution is 2.28. The fraction of sp³-hybridized carbons (Fsp3) is 1.00. The SMILES string of the molecule is C1CCOC1.CC(C)CC(C)CCC(C)(C)Br.CC(C)CC(C)CCC(C)(C)NCCCCCCCCCCCN.CC(C)CC(C)CCC(C)(C)NCCCCCCCCCCCNC(C)(C)CCC(C)CC(C)C.NCCCCCCCCCCCN. The van der Waals surface area contributed by atoms with E-state index >= 15 is 0 Å². The third-order valence-corrected chi connectivity index (χ3v) is 18.7. The van der Waals surface area contributed by atoms with Crippen molar-refractivity contribution in [2.75, 3.05) is 52.5 Å². The normalized spacial score (nSPS) is 14.4. The van der Waals surface area contributed by atoms with E-state index < -0.39 is 0 Å². The Bertz CT molecular complexity index is 1300. The number of unbranched alkanes of at least 4 members (excludes halogenated alkanes) is 24. The van der Waals surface area contributed by atoms with Crippen LogP contribution in [0.25, 0.3) is 0 Å². The molecule has 4 unspecified atom stereocenters. The number of ether oxygens (including phenoxy) is 1. The Morgan fingerprint density at radius 2 is 0.494 bits per heavy atom. The first-order chi connectivity index (χ1) is 41.9. The van der Waals surface area contributed by atoms with Crippen molar-refractivity contribution in [3.05, 3.63) is 0 Å². The summed E-state index contributed by atoms with van der Waals surface area (Å²) in [5.41, 5.74) is 17.2. The zero-order valence-corrected chi connectivity index (χ0v) is 66.9. The van der Waals surface area contributed by atoms with E-state index in [4.69, 9.17) is 21.9 Å². The highest BCUT2D eigenvalue weighted by Gasteiger charge is 2.21. The minimum absolute atomic E-state index is 0.293. The number of hydrogen-bond donors (Lipinski definition) is 6. The van der Waals surface area contributed by atoms with Gasteiger partial charge >= 0.3 is 0 Å². The molecule has 0 aromatic rings. The summed E-state index contributed by atoms with van der Waals surface area (Å²) in [6.45, 7) is 55.2. The predicted molar refractivity (Wildman–Crippen MR) is 413 cm³/mol. The minimum Gasteiger partial charge on any atom is -0.381 e. The lowest BCUT2D eigenvalue weighted by molar-refractivity contribution is 0.198. The molecule has 0 saturated carbocycles. The Labute approximate surface area is 573 Å². The zero-order valence-electron chi connectivity index (χ0n) is 65.3. The summed E-state index contributed by atoms with van der Waals surface area (Å²) in [7, 11) is 0. The van der Waals surface area contributed by atoms with E-state index in [1.165, 1.54) is 283 Å². The van der Waals surface area contributed by atoms with Crippen molar-refractivity contribution in [2.45, 2.75) is 423 Å². The van der Waals surface area contributed by atoms with E-state index in [1.54, 1.807) is 0 Å². The van der Waals surface area contributed by atoms with Crippen LogP contribution in [0.3, 0.4) is 0 Å². The zero-order chi connectivity index (χ0) is 68.1. The lowest BCUT2D eigenvalue weighted by Crippen LogP contribution is -2.40. The summed E-state index contributed by atoms with van der Waals surface area (Å²) in [4.78, 5) is 0. The first-order valence-corrected chi connectivity index (χ1v) is 40.3. The second kappa shape index (κ2) is 65.5. The average Bonchev–Trinajstić information content (AvgIpc) is 4.14. The first kappa shape index (κ1) is 95.6. The lowest BCUT2D eigenvalue weighted by Gasteiger charge is -2.28. The van der Waals surface area contributed by atoms with Crippen LogP contribution in [0.5, 0.6) is 0 Å². The molecule has 1 heterocycles. The maximum Gasteiger partial charge on any atom is 0.0466 e. The molecule has 7 nitrogen and oxygen atoms in total. The Morgan fingerprint density at radius 1 is 0.303 bits per heavy atom.